The Kier molecular flexibility index (Phi) is 2.61. The molecule has 1 heterocycles. The lowest BCUT2D eigenvalue weighted by Gasteiger charge is -2.20. The highest BCUT2D eigenvalue weighted by Gasteiger charge is 2.41. The molecule has 0 aromatic heterocycles. The van der Waals surface area contributed by atoms with E-state index in [-0.39, 0.29) is 0 Å². The number of nitrogens with two attached hydrogens (primary N) is 1. The van der Waals surface area contributed by atoms with Crippen LogP contribution in [-0.4, -0.2) is 18.6 Å². The van der Waals surface area contributed by atoms with E-state index in [1.807, 2.05) is 0 Å². The fourth-order valence-corrected chi connectivity index (χ4v) is 3.15. The summed E-state index contributed by atoms with van der Waals surface area (Å²) < 4.78 is 0. The zero-order valence-electron chi connectivity index (χ0n) is 8.79. The van der Waals surface area contributed by atoms with Gasteiger partial charge in [0, 0.05) is 12.1 Å². The van der Waals surface area contributed by atoms with Gasteiger partial charge in [0.25, 0.3) is 0 Å². The van der Waals surface area contributed by atoms with Crippen LogP contribution in [0, 0.1) is 17.8 Å². The van der Waals surface area contributed by atoms with Gasteiger partial charge in [-0.1, -0.05) is 13.8 Å². The van der Waals surface area contributed by atoms with Crippen molar-refractivity contribution in [3.05, 3.63) is 0 Å². The minimum absolute atomic E-state index is 0.492. The first-order chi connectivity index (χ1) is 6.16. The molecule has 0 amide bonds. The lowest BCUT2D eigenvalue weighted by Crippen LogP contribution is -2.30. The van der Waals surface area contributed by atoms with E-state index in [0.29, 0.717) is 6.04 Å². The van der Waals surface area contributed by atoms with Crippen molar-refractivity contribution in [2.24, 2.45) is 23.5 Å². The van der Waals surface area contributed by atoms with E-state index < -0.39 is 0 Å². The van der Waals surface area contributed by atoms with Crippen LogP contribution >= 0.6 is 0 Å². The molecule has 76 valence electrons. The molecular formula is C11H22N2. The monoisotopic (exact) mass is 182 g/mol. The summed E-state index contributed by atoms with van der Waals surface area (Å²) in [7, 11) is 0. The van der Waals surface area contributed by atoms with E-state index in [4.69, 9.17) is 5.73 Å². The van der Waals surface area contributed by atoms with Crippen LogP contribution in [0.3, 0.4) is 0 Å². The summed E-state index contributed by atoms with van der Waals surface area (Å²) in [5.41, 5.74) is 5.99. The fraction of sp³-hybridized carbons (Fsp3) is 1.00. The van der Waals surface area contributed by atoms with Crippen molar-refractivity contribution in [1.29, 1.82) is 0 Å². The Morgan fingerprint density at radius 2 is 2.15 bits per heavy atom. The molecule has 13 heavy (non-hydrogen) atoms. The van der Waals surface area contributed by atoms with Crippen molar-refractivity contribution in [1.82, 2.24) is 5.32 Å². The quantitative estimate of drug-likeness (QED) is 0.676. The van der Waals surface area contributed by atoms with Crippen LogP contribution in [0.2, 0.25) is 0 Å². The molecule has 2 fully saturated rings. The highest BCUT2D eigenvalue weighted by atomic mass is 15.0. The van der Waals surface area contributed by atoms with E-state index >= 15 is 0 Å². The van der Waals surface area contributed by atoms with E-state index in [1.165, 1.54) is 25.8 Å². The Hall–Kier alpha value is -0.0800. The molecule has 2 nitrogen and oxygen atoms in total. The molecule has 0 radical (unpaired) electrons. The fourth-order valence-electron chi connectivity index (χ4n) is 3.15. The van der Waals surface area contributed by atoms with Gasteiger partial charge in [-0.2, -0.15) is 0 Å². The standard InChI is InChI=1S/C11H22N2/c1-7(2)3-11-10-5-9(12)4-8(10)6-13-11/h7-11,13H,3-6,12H2,1-2H3. The molecule has 0 spiro atoms. The predicted molar refractivity (Wildman–Crippen MR) is 55.4 cm³/mol. The van der Waals surface area contributed by atoms with Crippen LogP contribution in [-0.2, 0) is 0 Å². The van der Waals surface area contributed by atoms with Gasteiger partial charge in [-0.25, -0.2) is 0 Å². The van der Waals surface area contributed by atoms with E-state index in [0.717, 1.165) is 23.8 Å². The molecule has 3 N–H and O–H groups in total. The van der Waals surface area contributed by atoms with Crippen LogP contribution < -0.4 is 11.1 Å². The van der Waals surface area contributed by atoms with Gasteiger partial charge in [0.15, 0.2) is 0 Å². The van der Waals surface area contributed by atoms with Gasteiger partial charge in [-0.15, -0.1) is 0 Å². The Labute approximate surface area is 81.3 Å². The van der Waals surface area contributed by atoms with E-state index in [9.17, 15) is 0 Å². The summed E-state index contributed by atoms with van der Waals surface area (Å²) in [6.45, 7) is 5.84. The maximum Gasteiger partial charge on any atom is 0.0102 e. The van der Waals surface area contributed by atoms with Gasteiger partial charge in [0.2, 0.25) is 0 Å². The second-order valence-electron chi connectivity index (χ2n) is 5.30. The summed E-state index contributed by atoms with van der Waals surface area (Å²) in [5, 5.41) is 3.65. The molecule has 4 atom stereocenters. The molecule has 2 aliphatic rings. The second-order valence-corrected chi connectivity index (χ2v) is 5.30. The van der Waals surface area contributed by atoms with Crippen molar-refractivity contribution >= 4 is 0 Å². The van der Waals surface area contributed by atoms with Crippen LogP contribution in [0.1, 0.15) is 33.1 Å². The summed E-state index contributed by atoms with van der Waals surface area (Å²) >= 11 is 0. The smallest absolute Gasteiger partial charge is 0.0102 e. The largest absolute Gasteiger partial charge is 0.328 e. The summed E-state index contributed by atoms with van der Waals surface area (Å²) in [5.74, 6) is 2.59. The molecule has 0 aromatic rings. The van der Waals surface area contributed by atoms with Crippen LogP contribution in [0.5, 0.6) is 0 Å². The molecule has 2 rings (SSSR count). The van der Waals surface area contributed by atoms with Gasteiger partial charge >= 0.3 is 0 Å². The normalized spacial score (nSPS) is 44.3. The highest BCUT2D eigenvalue weighted by molar-refractivity contribution is 4.98. The third kappa shape index (κ3) is 1.89. The van der Waals surface area contributed by atoms with E-state index in [2.05, 4.69) is 19.2 Å². The van der Waals surface area contributed by atoms with Gasteiger partial charge in [0.05, 0.1) is 0 Å². The third-order valence-corrected chi connectivity index (χ3v) is 3.67. The SMILES string of the molecule is CC(C)CC1NCC2CC(N)CC21. The zero-order chi connectivity index (χ0) is 9.42. The molecule has 0 bridgehead atoms. The average Bonchev–Trinajstić information content (AvgIpc) is 2.51. The maximum absolute atomic E-state index is 5.99. The number of hydrogen-bond donors (Lipinski definition) is 2. The molecule has 4 unspecified atom stereocenters. The molecule has 0 aromatic carbocycles. The van der Waals surface area contributed by atoms with Crippen molar-refractivity contribution < 1.29 is 0 Å². The Bertz CT molecular complexity index is 179. The minimum atomic E-state index is 0.492. The van der Waals surface area contributed by atoms with Crippen molar-refractivity contribution in [3.63, 3.8) is 0 Å². The summed E-state index contributed by atoms with van der Waals surface area (Å²) in [4.78, 5) is 0. The Balaban J connectivity index is 1.93. The number of hydrogen-bond acceptors (Lipinski definition) is 2. The number of fused-ring (bicyclic) bond motifs is 1. The zero-order valence-corrected chi connectivity index (χ0v) is 8.79. The molecule has 1 saturated carbocycles. The lowest BCUT2D eigenvalue weighted by molar-refractivity contribution is 0.354. The van der Waals surface area contributed by atoms with Crippen LogP contribution in [0.15, 0.2) is 0 Å². The summed E-state index contributed by atoms with van der Waals surface area (Å²) in [6.07, 6.45) is 3.84. The predicted octanol–water partition coefficient (Wildman–Crippen LogP) is 1.36. The average molecular weight is 182 g/mol. The van der Waals surface area contributed by atoms with Crippen LogP contribution in [0.4, 0.5) is 0 Å². The first kappa shape index (κ1) is 9.47. The van der Waals surface area contributed by atoms with Crippen molar-refractivity contribution in [3.8, 4) is 0 Å². The van der Waals surface area contributed by atoms with Gasteiger partial charge < -0.3 is 11.1 Å². The van der Waals surface area contributed by atoms with E-state index in [1.54, 1.807) is 0 Å². The van der Waals surface area contributed by atoms with Gasteiger partial charge in [0.1, 0.15) is 0 Å². The van der Waals surface area contributed by atoms with Gasteiger partial charge in [-0.3, -0.25) is 0 Å². The van der Waals surface area contributed by atoms with Crippen molar-refractivity contribution in [2.45, 2.75) is 45.2 Å². The molecule has 1 saturated heterocycles. The third-order valence-electron chi connectivity index (χ3n) is 3.67. The Morgan fingerprint density at radius 3 is 2.85 bits per heavy atom. The second kappa shape index (κ2) is 3.58. The van der Waals surface area contributed by atoms with Crippen molar-refractivity contribution in [2.75, 3.05) is 6.54 Å². The van der Waals surface area contributed by atoms with Gasteiger partial charge in [-0.05, 0) is 43.6 Å². The molecule has 1 aliphatic heterocycles. The highest BCUT2D eigenvalue weighted by Crippen LogP contribution is 2.38. The summed E-state index contributed by atoms with van der Waals surface area (Å²) in [6, 6.07) is 1.25. The maximum atomic E-state index is 5.99. The minimum Gasteiger partial charge on any atom is -0.328 e. The molecular weight excluding hydrogens is 160 g/mol. The molecule has 1 aliphatic carbocycles. The van der Waals surface area contributed by atoms with Crippen LogP contribution in [0.25, 0.3) is 0 Å². The number of rotatable bonds is 2. The topological polar surface area (TPSA) is 38.0 Å². The first-order valence-corrected chi connectivity index (χ1v) is 5.65. The number of nitrogens with one attached hydrogen (secondary N) is 1. The molecule has 2 heteroatoms. The Morgan fingerprint density at radius 1 is 1.38 bits per heavy atom. The first-order valence-electron chi connectivity index (χ1n) is 5.65. The lowest BCUT2D eigenvalue weighted by atomic mass is 9.89.